The molecule has 112 valence electrons. The van der Waals surface area contributed by atoms with E-state index in [4.69, 9.17) is 9.47 Å². The van der Waals surface area contributed by atoms with E-state index in [2.05, 4.69) is 6.92 Å². The Morgan fingerprint density at radius 1 is 1.40 bits per heavy atom. The number of nitrogens with zero attached hydrogens (tertiary/aromatic N) is 1. The predicted octanol–water partition coefficient (Wildman–Crippen LogP) is 2.58. The van der Waals surface area contributed by atoms with Crippen molar-refractivity contribution in [1.29, 1.82) is 0 Å². The molecular formula is C15H23NO3S. The molecule has 2 heterocycles. The van der Waals surface area contributed by atoms with Crippen molar-refractivity contribution in [3.05, 3.63) is 20.2 Å². The van der Waals surface area contributed by atoms with Gasteiger partial charge < -0.3 is 14.0 Å². The summed E-state index contributed by atoms with van der Waals surface area (Å²) >= 11 is 1.43. The average molecular weight is 297 g/mol. The van der Waals surface area contributed by atoms with Gasteiger partial charge in [-0.25, -0.2) is 0 Å². The van der Waals surface area contributed by atoms with Gasteiger partial charge in [-0.15, -0.1) is 0 Å². The molecular weight excluding hydrogens is 274 g/mol. The van der Waals surface area contributed by atoms with Gasteiger partial charge in [-0.05, 0) is 44.4 Å². The van der Waals surface area contributed by atoms with E-state index in [-0.39, 0.29) is 11.2 Å². The lowest BCUT2D eigenvalue weighted by atomic mass is 9.93. The maximum absolute atomic E-state index is 12.1. The molecule has 0 spiro atoms. The van der Waals surface area contributed by atoms with Gasteiger partial charge in [-0.2, -0.15) is 0 Å². The first-order valence-corrected chi connectivity index (χ1v) is 8.50. The molecule has 0 bridgehead atoms. The fraction of sp³-hybridized carbons (Fsp3) is 0.800. The van der Waals surface area contributed by atoms with E-state index in [1.807, 2.05) is 4.57 Å². The number of rotatable bonds is 4. The Kier molecular flexibility index (Phi) is 4.58. The highest BCUT2D eigenvalue weighted by atomic mass is 32.1. The molecule has 1 aromatic rings. The van der Waals surface area contributed by atoms with E-state index >= 15 is 0 Å². The van der Waals surface area contributed by atoms with Crippen LogP contribution in [0, 0.1) is 5.92 Å². The Morgan fingerprint density at radius 3 is 3.10 bits per heavy atom. The molecule has 0 N–H and O–H groups in total. The number of fused-ring (bicyclic) bond motifs is 1. The van der Waals surface area contributed by atoms with Crippen LogP contribution >= 0.6 is 11.3 Å². The summed E-state index contributed by atoms with van der Waals surface area (Å²) in [5.74, 6) is 0.709. The highest BCUT2D eigenvalue weighted by Gasteiger charge is 2.22. The van der Waals surface area contributed by atoms with Crippen molar-refractivity contribution in [2.45, 2.75) is 58.3 Å². The van der Waals surface area contributed by atoms with Gasteiger partial charge in [0.2, 0.25) is 0 Å². The van der Waals surface area contributed by atoms with Gasteiger partial charge in [-0.1, -0.05) is 18.3 Å². The number of hydrogen-bond donors (Lipinski definition) is 0. The quantitative estimate of drug-likeness (QED) is 0.857. The van der Waals surface area contributed by atoms with Gasteiger partial charge in [0.25, 0.3) is 0 Å². The third kappa shape index (κ3) is 3.15. The van der Waals surface area contributed by atoms with Crippen molar-refractivity contribution in [3.8, 4) is 0 Å². The topological polar surface area (TPSA) is 40.5 Å². The van der Waals surface area contributed by atoms with Crippen LogP contribution in [0.25, 0.3) is 0 Å². The Labute approximate surface area is 123 Å². The van der Waals surface area contributed by atoms with Crippen molar-refractivity contribution in [3.63, 3.8) is 0 Å². The first-order chi connectivity index (χ1) is 9.74. The Balaban J connectivity index is 1.59. The molecule has 4 nitrogen and oxygen atoms in total. The molecule has 0 saturated carbocycles. The monoisotopic (exact) mass is 297 g/mol. The van der Waals surface area contributed by atoms with Crippen LogP contribution in [0.15, 0.2) is 4.79 Å². The van der Waals surface area contributed by atoms with E-state index in [1.165, 1.54) is 34.7 Å². The third-order valence-electron chi connectivity index (χ3n) is 4.24. The second-order valence-corrected chi connectivity index (χ2v) is 6.95. The number of ether oxygens (including phenoxy) is 2. The molecule has 2 aliphatic rings. The first-order valence-electron chi connectivity index (χ1n) is 7.68. The summed E-state index contributed by atoms with van der Waals surface area (Å²) in [7, 11) is 0. The predicted molar refractivity (Wildman–Crippen MR) is 79.3 cm³/mol. The second-order valence-electron chi connectivity index (χ2n) is 5.90. The molecule has 1 aliphatic heterocycles. The summed E-state index contributed by atoms with van der Waals surface area (Å²) in [6.07, 6.45) is 6.52. The molecule has 0 aromatic carbocycles. The van der Waals surface area contributed by atoms with Gasteiger partial charge >= 0.3 is 4.87 Å². The van der Waals surface area contributed by atoms with Crippen molar-refractivity contribution >= 4 is 11.3 Å². The zero-order chi connectivity index (χ0) is 13.9. The summed E-state index contributed by atoms with van der Waals surface area (Å²) in [6.45, 7) is 4.31. The van der Waals surface area contributed by atoms with Gasteiger partial charge in [0, 0.05) is 17.2 Å². The largest absolute Gasteiger partial charge is 0.353 e. The minimum Gasteiger partial charge on any atom is -0.353 e. The SMILES string of the molecule is C[C@@H]1CCc2c(sc(=O)n2CCO[C@H]2CCCCO2)C1. The van der Waals surface area contributed by atoms with Crippen LogP contribution in [0.3, 0.4) is 0 Å². The molecule has 0 radical (unpaired) electrons. The van der Waals surface area contributed by atoms with Crippen molar-refractivity contribution < 1.29 is 9.47 Å². The molecule has 1 aromatic heterocycles. The molecule has 3 rings (SSSR count). The number of aromatic nitrogens is 1. The van der Waals surface area contributed by atoms with Crippen LogP contribution in [-0.4, -0.2) is 24.1 Å². The lowest BCUT2D eigenvalue weighted by Crippen LogP contribution is -2.26. The Hall–Kier alpha value is -0.650. The number of hydrogen-bond acceptors (Lipinski definition) is 4. The van der Waals surface area contributed by atoms with Gasteiger partial charge in [0.1, 0.15) is 0 Å². The van der Waals surface area contributed by atoms with Crippen LogP contribution in [0.1, 0.15) is 43.2 Å². The fourth-order valence-corrected chi connectivity index (χ4v) is 4.28. The van der Waals surface area contributed by atoms with Crippen LogP contribution in [0.4, 0.5) is 0 Å². The minimum atomic E-state index is -0.0612. The maximum Gasteiger partial charge on any atom is 0.307 e. The van der Waals surface area contributed by atoms with E-state index in [1.54, 1.807) is 0 Å². The zero-order valence-corrected chi connectivity index (χ0v) is 12.9. The van der Waals surface area contributed by atoms with E-state index in [0.717, 1.165) is 32.3 Å². The summed E-state index contributed by atoms with van der Waals surface area (Å²) in [6, 6.07) is 0. The Bertz CT molecular complexity index is 502. The van der Waals surface area contributed by atoms with Gasteiger partial charge in [0.05, 0.1) is 13.2 Å². The molecule has 2 atom stereocenters. The molecule has 0 unspecified atom stereocenters. The summed E-state index contributed by atoms with van der Waals surface area (Å²) in [4.78, 5) is 13.6. The first kappa shape index (κ1) is 14.3. The molecule has 5 heteroatoms. The zero-order valence-electron chi connectivity index (χ0n) is 12.1. The summed E-state index contributed by atoms with van der Waals surface area (Å²) < 4.78 is 13.2. The van der Waals surface area contributed by atoms with Crippen LogP contribution in [0.2, 0.25) is 0 Å². The second kappa shape index (κ2) is 6.41. The Morgan fingerprint density at radius 2 is 2.30 bits per heavy atom. The average Bonchev–Trinajstić information content (AvgIpc) is 2.75. The lowest BCUT2D eigenvalue weighted by Gasteiger charge is -2.23. The van der Waals surface area contributed by atoms with Crippen molar-refractivity contribution in [2.24, 2.45) is 5.92 Å². The number of thiazole rings is 1. The minimum absolute atomic E-state index is 0.0612. The molecule has 0 amide bonds. The highest BCUT2D eigenvalue weighted by Crippen LogP contribution is 2.27. The van der Waals surface area contributed by atoms with Gasteiger partial charge in [-0.3, -0.25) is 4.79 Å². The van der Waals surface area contributed by atoms with E-state index < -0.39 is 0 Å². The lowest BCUT2D eigenvalue weighted by molar-refractivity contribution is -0.163. The summed E-state index contributed by atoms with van der Waals surface area (Å²) in [5.41, 5.74) is 1.26. The smallest absolute Gasteiger partial charge is 0.307 e. The normalized spacial score (nSPS) is 26.4. The van der Waals surface area contributed by atoms with Crippen molar-refractivity contribution in [2.75, 3.05) is 13.2 Å². The summed E-state index contributed by atoms with van der Waals surface area (Å²) in [5, 5.41) is 0. The molecule has 1 fully saturated rings. The maximum atomic E-state index is 12.1. The third-order valence-corrected chi connectivity index (χ3v) is 5.29. The molecule has 1 aliphatic carbocycles. The fourth-order valence-electron chi connectivity index (χ4n) is 3.06. The van der Waals surface area contributed by atoms with E-state index in [9.17, 15) is 4.79 Å². The van der Waals surface area contributed by atoms with Crippen molar-refractivity contribution in [1.82, 2.24) is 4.57 Å². The molecule has 20 heavy (non-hydrogen) atoms. The van der Waals surface area contributed by atoms with Gasteiger partial charge in [0.15, 0.2) is 6.29 Å². The van der Waals surface area contributed by atoms with Crippen LogP contribution in [0.5, 0.6) is 0 Å². The molecule has 1 saturated heterocycles. The highest BCUT2D eigenvalue weighted by molar-refractivity contribution is 7.09. The van der Waals surface area contributed by atoms with E-state index in [0.29, 0.717) is 19.1 Å². The van der Waals surface area contributed by atoms with Crippen LogP contribution < -0.4 is 4.87 Å². The standard InChI is InChI=1S/C15H23NO3S/c1-11-5-6-12-13(10-11)20-15(17)16(12)7-9-19-14-4-2-3-8-18-14/h11,14H,2-10H2,1H3/t11-,14+/m1/s1. The van der Waals surface area contributed by atoms with Crippen LogP contribution in [-0.2, 0) is 28.9 Å².